The molecule has 0 amide bonds. The lowest BCUT2D eigenvalue weighted by Gasteiger charge is -1.99. The van der Waals surface area contributed by atoms with Crippen LogP contribution in [0.5, 0.6) is 0 Å². The SMILES string of the molecule is C=CCOCCCS(=O)(=O)OO. The second kappa shape index (κ2) is 6.13. The van der Waals surface area contributed by atoms with Gasteiger partial charge in [-0.2, -0.15) is 8.42 Å². The van der Waals surface area contributed by atoms with E-state index in [4.69, 9.17) is 9.99 Å². The van der Waals surface area contributed by atoms with Crippen molar-refractivity contribution in [2.45, 2.75) is 6.42 Å². The summed E-state index contributed by atoms with van der Waals surface area (Å²) in [7, 11) is -3.76. The Hall–Kier alpha value is -0.430. The van der Waals surface area contributed by atoms with Crippen LogP contribution in [0.25, 0.3) is 0 Å². The molecule has 0 spiro atoms. The molecule has 0 aliphatic heterocycles. The minimum atomic E-state index is -3.76. The van der Waals surface area contributed by atoms with Gasteiger partial charge in [0.15, 0.2) is 0 Å². The first-order chi connectivity index (χ1) is 5.62. The van der Waals surface area contributed by atoms with Gasteiger partial charge in [-0.1, -0.05) is 6.08 Å². The van der Waals surface area contributed by atoms with Crippen molar-refractivity contribution in [2.24, 2.45) is 0 Å². The Bertz CT molecular complexity index is 208. The van der Waals surface area contributed by atoms with Gasteiger partial charge in [0.2, 0.25) is 0 Å². The minimum Gasteiger partial charge on any atom is -0.377 e. The van der Waals surface area contributed by atoms with E-state index in [1.165, 1.54) is 0 Å². The standard InChI is InChI=1S/C6H12O5S/c1-2-4-10-5-3-6-12(8,9)11-7/h2,7H,1,3-6H2. The molecule has 6 heteroatoms. The summed E-state index contributed by atoms with van der Waals surface area (Å²) in [6, 6.07) is 0. The van der Waals surface area contributed by atoms with Crippen molar-refractivity contribution >= 4 is 10.1 Å². The second-order valence-corrected chi connectivity index (χ2v) is 3.73. The molecule has 0 fully saturated rings. The Morgan fingerprint density at radius 1 is 1.50 bits per heavy atom. The largest absolute Gasteiger partial charge is 0.377 e. The minimum absolute atomic E-state index is 0.249. The Kier molecular flexibility index (Phi) is 5.91. The molecule has 12 heavy (non-hydrogen) atoms. The highest BCUT2D eigenvalue weighted by Gasteiger charge is 2.08. The highest BCUT2D eigenvalue weighted by molar-refractivity contribution is 7.86. The molecular formula is C6H12O5S. The van der Waals surface area contributed by atoms with Crippen molar-refractivity contribution in [3.8, 4) is 0 Å². The predicted octanol–water partition coefficient (Wildman–Crippen LogP) is 0.399. The molecule has 0 radical (unpaired) electrons. The molecule has 0 aliphatic rings. The number of hydrogen-bond acceptors (Lipinski definition) is 5. The molecule has 0 heterocycles. The molecule has 0 bridgehead atoms. The molecule has 0 saturated heterocycles. The highest BCUT2D eigenvalue weighted by atomic mass is 32.2. The quantitative estimate of drug-likeness (QED) is 0.276. The van der Waals surface area contributed by atoms with Crippen LogP contribution in [0.4, 0.5) is 0 Å². The molecule has 0 atom stereocenters. The van der Waals surface area contributed by atoms with Gasteiger partial charge in [0.25, 0.3) is 10.1 Å². The molecule has 1 N–H and O–H groups in total. The fourth-order valence-corrected chi connectivity index (χ4v) is 1.09. The molecule has 0 rings (SSSR count). The molecule has 72 valence electrons. The van der Waals surface area contributed by atoms with Crippen LogP contribution in [0.15, 0.2) is 12.7 Å². The third kappa shape index (κ3) is 6.29. The highest BCUT2D eigenvalue weighted by Crippen LogP contribution is 1.94. The topological polar surface area (TPSA) is 72.8 Å². The van der Waals surface area contributed by atoms with Crippen molar-refractivity contribution in [1.29, 1.82) is 0 Å². The van der Waals surface area contributed by atoms with Gasteiger partial charge in [-0.15, -0.1) is 10.9 Å². The first kappa shape index (κ1) is 11.6. The lowest BCUT2D eigenvalue weighted by atomic mass is 10.5. The van der Waals surface area contributed by atoms with Crippen molar-refractivity contribution in [1.82, 2.24) is 0 Å². The van der Waals surface area contributed by atoms with Crippen LogP contribution in [-0.2, 0) is 19.2 Å². The van der Waals surface area contributed by atoms with Crippen LogP contribution in [0.1, 0.15) is 6.42 Å². The van der Waals surface area contributed by atoms with Crippen molar-refractivity contribution in [2.75, 3.05) is 19.0 Å². The summed E-state index contributed by atoms with van der Waals surface area (Å²) < 4.78 is 29.1. The molecule has 0 aromatic heterocycles. The summed E-state index contributed by atoms with van der Waals surface area (Å²) in [6.45, 7) is 4.10. The zero-order chi connectivity index (χ0) is 9.45. The normalized spacial score (nSPS) is 11.4. The van der Waals surface area contributed by atoms with Gasteiger partial charge in [0.05, 0.1) is 12.4 Å². The van der Waals surface area contributed by atoms with Gasteiger partial charge in [0, 0.05) is 6.61 Å². The first-order valence-corrected chi connectivity index (χ1v) is 4.94. The third-order valence-corrected chi connectivity index (χ3v) is 2.05. The molecule has 5 nitrogen and oxygen atoms in total. The van der Waals surface area contributed by atoms with Crippen molar-refractivity contribution in [3.05, 3.63) is 12.7 Å². The van der Waals surface area contributed by atoms with Gasteiger partial charge < -0.3 is 4.74 Å². The van der Waals surface area contributed by atoms with Crippen LogP contribution in [0.3, 0.4) is 0 Å². The van der Waals surface area contributed by atoms with Gasteiger partial charge in [-0.3, -0.25) is 0 Å². The maximum Gasteiger partial charge on any atom is 0.293 e. The van der Waals surface area contributed by atoms with E-state index < -0.39 is 10.1 Å². The summed E-state index contributed by atoms with van der Waals surface area (Å²) in [4.78, 5) is 0. The summed E-state index contributed by atoms with van der Waals surface area (Å²) in [5, 5.41) is 7.85. The third-order valence-electron chi connectivity index (χ3n) is 1.03. The predicted molar refractivity (Wildman–Crippen MR) is 43.1 cm³/mol. The van der Waals surface area contributed by atoms with Crippen molar-refractivity contribution in [3.63, 3.8) is 0 Å². The zero-order valence-electron chi connectivity index (χ0n) is 6.60. The summed E-state index contributed by atoms with van der Waals surface area (Å²) in [5.41, 5.74) is 0. The van der Waals surface area contributed by atoms with E-state index >= 15 is 0 Å². The summed E-state index contributed by atoms with van der Waals surface area (Å²) in [6.07, 6.45) is 1.85. The second-order valence-electron chi connectivity index (χ2n) is 2.05. The number of rotatable bonds is 7. The molecule has 0 aromatic carbocycles. The molecule has 0 aliphatic carbocycles. The molecule has 0 aromatic rings. The van der Waals surface area contributed by atoms with E-state index in [-0.39, 0.29) is 12.2 Å². The van der Waals surface area contributed by atoms with Gasteiger partial charge in [0.1, 0.15) is 0 Å². The van der Waals surface area contributed by atoms with E-state index in [0.717, 1.165) is 0 Å². The molecular weight excluding hydrogens is 184 g/mol. The zero-order valence-corrected chi connectivity index (χ0v) is 7.42. The average molecular weight is 196 g/mol. The summed E-state index contributed by atoms with van der Waals surface area (Å²) in [5.74, 6) is -0.249. The summed E-state index contributed by atoms with van der Waals surface area (Å²) >= 11 is 0. The van der Waals surface area contributed by atoms with Crippen LogP contribution in [0, 0.1) is 0 Å². The maximum absolute atomic E-state index is 10.5. The number of hydrogen-bond donors (Lipinski definition) is 1. The molecule has 0 saturated carbocycles. The fraction of sp³-hybridized carbons (Fsp3) is 0.667. The Labute approximate surface area is 71.7 Å². The maximum atomic E-state index is 10.5. The van der Waals surface area contributed by atoms with E-state index in [9.17, 15) is 8.42 Å². The lowest BCUT2D eigenvalue weighted by Crippen LogP contribution is -2.10. The van der Waals surface area contributed by atoms with E-state index in [1.807, 2.05) is 0 Å². The van der Waals surface area contributed by atoms with Crippen LogP contribution >= 0.6 is 0 Å². The Morgan fingerprint density at radius 3 is 2.67 bits per heavy atom. The van der Waals surface area contributed by atoms with Crippen LogP contribution < -0.4 is 0 Å². The number of ether oxygens (including phenoxy) is 1. The van der Waals surface area contributed by atoms with E-state index in [0.29, 0.717) is 13.2 Å². The Balaban J connectivity index is 3.37. The van der Waals surface area contributed by atoms with Crippen molar-refractivity contribution < 1.29 is 22.7 Å². The van der Waals surface area contributed by atoms with E-state index in [1.54, 1.807) is 6.08 Å². The first-order valence-electron chi connectivity index (χ1n) is 3.37. The van der Waals surface area contributed by atoms with Gasteiger partial charge in [-0.05, 0) is 6.42 Å². The Morgan fingerprint density at radius 2 is 2.17 bits per heavy atom. The average Bonchev–Trinajstić information content (AvgIpc) is 2.04. The lowest BCUT2D eigenvalue weighted by molar-refractivity contribution is -0.130. The van der Waals surface area contributed by atoms with Gasteiger partial charge in [-0.25, -0.2) is 5.26 Å². The van der Waals surface area contributed by atoms with Gasteiger partial charge >= 0.3 is 0 Å². The molecule has 0 unspecified atom stereocenters. The van der Waals surface area contributed by atoms with E-state index in [2.05, 4.69) is 10.9 Å². The smallest absolute Gasteiger partial charge is 0.293 e. The van der Waals surface area contributed by atoms with Crippen LogP contribution in [0.2, 0.25) is 0 Å². The monoisotopic (exact) mass is 196 g/mol. The fourth-order valence-electron chi connectivity index (χ4n) is 0.542. The van der Waals surface area contributed by atoms with Crippen LogP contribution in [-0.4, -0.2) is 32.6 Å².